The summed E-state index contributed by atoms with van der Waals surface area (Å²) in [6.45, 7) is 0.433. The van der Waals surface area contributed by atoms with Gasteiger partial charge in [0.1, 0.15) is 0 Å². The van der Waals surface area contributed by atoms with Crippen molar-refractivity contribution in [3.63, 3.8) is 0 Å². The number of dihydropyridines is 1. The highest BCUT2D eigenvalue weighted by Gasteiger charge is 2.38. The SMILES string of the molecule is N#CC1=C(SCC(=O)NCc2ccccc2)NC2=C(C(=O)CCC2)[C@H]1c1cccc(Cl)c1Cl. The standard InChI is InChI=1S/C25H21Cl2N3O2S/c26-18-9-4-8-16(24(18)27)22-17(12-28)25(30-19-10-5-11-20(31)23(19)22)33-14-21(32)29-13-15-6-2-1-3-7-15/h1-4,6-9,22,30H,5,10-11,13-14H2,(H,29,32)/t22-/m0/s1. The van der Waals surface area contributed by atoms with E-state index in [9.17, 15) is 14.9 Å². The first-order valence-corrected chi connectivity index (χ1v) is 12.3. The molecule has 1 aliphatic carbocycles. The zero-order valence-electron chi connectivity index (χ0n) is 17.7. The average molecular weight is 498 g/mol. The second-order valence-electron chi connectivity index (χ2n) is 7.78. The smallest absolute Gasteiger partial charge is 0.230 e. The van der Waals surface area contributed by atoms with E-state index < -0.39 is 5.92 Å². The van der Waals surface area contributed by atoms with Crippen molar-refractivity contribution in [3.8, 4) is 6.07 Å². The van der Waals surface area contributed by atoms with E-state index in [1.165, 1.54) is 11.8 Å². The molecular formula is C25H21Cl2N3O2S. The Balaban J connectivity index is 1.60. The number of carbonyl (C=O) groups excluding carboxylic acids is 2. The van der Waals surface area contributed by atoms with Crippen molar-refractivity contribution < 1.29 is 9.59 Å². The lowest BCUT2D eigenvalue weighted by Crippen LogP contribution is -2.32. The fourth-order valence-corrected chi connectivity index (χ4v) is 5.39. The summed E-state index contributed by atoms with van der Waals surface area (Å²) in [5.41, 5.74) is 3.36. The predicted octanol–water partition coefficient (Wildman–Crippen LogP) is 5.47. The largest absolute Gasteiger partial charge is 0.352 e. The minimum Gasteiger partial charge on any atom is -0.352 e. The zero-order chi connectivity index (χ0) is 23.4. The number of halogens is 2. The Labute approximate surface area is 206 Å². The highest BCUT2D eigenvalue weighted by molar-refractivity contribution is 8.03. The molecule has 0 aromatic heterocycles. The lowest BCUT2D eigenvalue weighted by molar-refractivity contribution is -0.119. The van der Waals surface area contributed by atoms with Crippen molar-refractivity contribution in [2.24, 2.45) is 0 Å². The van der Waals surface area contributed by atoms with Crippen LogP contribution >= 0.6 is 35.0 Å². The molecule has 168 valence electrons. The van der Waals surface area contributed by atoms with Gasteiger partial charge >= 0.3 is 0 Å². The van der Waals surface area contributed by atoms with Crippen LogP contribution in [0.1, 0.15) is 36.3 Å². The molecule has 0 unspecified atom stereocenters. The summed E-state index contributed by atoms with van der Waals surface area (Å²) in [5, 5.41) is 17.5. The second-order valence-corrected chi connectivity index (χ2v) is 9.55. The maximum absolute atomic E-state index is 12.9. The van der Waals surface area contributed by atoms with E-state index in [4.69, 9.17) is 23.2 Å². The number of nitriles is 1. The number of nitrogens with zero attached hydrogens (tertiary/aromatic N) is 1. The van der Waals surface area contributed by atoms with E-state index in [2.05, 4.69) is 16.7 Å². The molecule has 2 aliphatic rings. The van der Waals surface area contributed by atoms with Gasteiger partial charge in [-0.15, -0.1) is 0 Å². The van der Waals surface area contributed by atoms with Crippen molar-refractivity contribution in [2.45, 2.75) is 31.7 Å². The van der Waals surface area contributed by atoms with Crippen LogP contribution in [0.5, 0.6) is 0 Å². The third-order valence-electron chi connectivity index (χ3n) is 5.64. The topological polar surface area (TPSA) is 82.0 Å². The van der Waals surface area contributed by atoms with Crippen LogP contribution in [0.4, 0.5) is 0 Å². The van der Waals surface area contributed by atoms with Gasteiger partial charge in [0.2, 0.25) is 5.91 Å². The van der Waals surface area contributed by atoms with Crippen molar-refractivity contribution in [1.29, 1.82) is 5.26 Å². The van der Waals surface area contributed by atoms with Gasteiger partial charge in [0.25, 0.3) is 0 Å². The number of hydrogen-bond acceptors (Lipinski definition) is 5. The van der Waals surface area contributed by atoms with E-state index in [-0.39, 0.29) is 17.4 Å². The molecule has 8 heteroatoms. The molecule has 0 fully saturated rings. The van der Waals surface area contributed by atoms with E-state index in [1.807, 2.05) is 30.3 Å². The van der Waals surface area contributed by atoms with E-state index in [0.717, 1.165) is 17.7 Å². The van der Waals surface area contributed by atoms with Crippen LogP contribution in [0.25, 0.3) is 0 Å². The van der Waals surface area contributed by atoms with Gasteiger partial charge < -0.3 is 10.6 Å². The minimum atomic E-state index is -0.611. The van der Waals surface area contributed by atoms with Gasteiger partial charge in [-0.05, 0) is 30.0 Å². The van der Waals surface area contributed by atoms with Crippen molar-refractivity contribution in [3.05, 3.63) is 91.6 Å². The number of allylic oxidation sites excluding steroid dienone is 3. The van der Waals surface area contributed by atoms with Gasteiger partial charge in [-0.25, -0.2) is 0 Å². The second kappa shape index (κ2) is 10.5. The van der Waals surface area contributed by atoms with Gasteiger partial charge in [0, 0.05) is 24.2 Å². The summed E-state index contributed by atoms with van der Waals surface area (Å²) in [6.07, 6.45) is 1.86. The predicted molar refractivity (Wildman–Crippen MR) is 132 cm³/mol. The van der Waals surface area contributed by atoms with Crippen LogP contribution in [-0.2, 0) is 16.1 Å². The van der Waals surface area contributed by atoms with Crippen LogP contribution < -0.4 is 10.6 Å². The van der Waals surface area contributed by atoms with Crippen molar-refractivity contribution in [1.82, 2.24) is 10.6 Å². The first-order chi connectivity index (χ1) is 16.0. The normalized spacial score (nSPS) is 17.8. The molecule has 0 saturated heterocycles. The Hall–Kier alpha value is -2.72. The Morgan fingerprint density at radius 2 is 1.94 bits per heavy atom. The lowest BCUT2D eigenvalue weighted by atomic mass is 9.77. The molecule has 0 spiro atoms. The molecule has 1 amide bonds. The number of thioether (sulfide) groups is 1. The molecule has 1 heterocycles. The van der Waals surface area contributed by atoms with Gasteiger partial charge in [0.05, 0.1) is 38.4 Å². The number of amides is 1. The van der Waals surface area contributed by atoms with Gasteiger partial charge in [0.15, 0.2) is 5.78 Å². The summed E-state index contributed by atoms with van der Waals surface area (Å²) in [6, 6.07) is 17.1. The van der Waals surface area contributed by atoms with Gasteiger partial charge in [-0.2, -0.15) is 5.26 Å². The average Bonchev–Trinajstić information content (AvgIpc) is 2.83. The van der Waals surface area contributed by atoms with Crippen LogP contribution in [0.2, 0.25) is 10.0 Å². The van der Waals surface area contributed by atoms with Crippen LogP contribution in [0.3, 0.4) is 0 Å². The molecular weight excluding hydrogens is 477 g/mol. The Bertz CT molecular complexity index is 1200. The Morgan fingerprint density at radius 3 is 2.70 bits per heavy atom. The number of ketones is 1. The van der Waals surface area contributed by atoms with Crippen molar-refractivity contribution in [2.75, 3.05) is 5.75 Å². The molecule has 2 aromatic rings. The molecule has 5 nitrogen and oxygen atoms in total. The third kappa shape index (κ3) is 5.11. The van der Waals surface area contributed by atoms with E-state index in [0.29, 0.717) is 51.2 Å². The van der Waals surface area contributed by atoms with Crippen LogP contribution in [-0.4, -0.2) is 17.4 Å². The van der Waals surface area contributed by atoms with Gasteiger partial charge in [-0.1, -0.05) is 77.4 Å². The first kappa shape index (κ1) is 23.4. The number of nitrogens with one attached hydrogen (secondary N) is 2. The van der Waals surface area contributed by atoms with Crippen LogP contribution in [0, 0.1) is 11.3 Å². The maximum Gasteiger partial charge on any atom is 0.230 e. The summed E-state index contributed by atoms with van der Waals surface area (Å²) in [7, 11) is 0. The molecule has 0 saturated carbocycles. The minimum absolute atomic E-state index is 0.00203. The molecule has 2 N–H and O–H groups in total. The fraction of sp³-hybridized carbons (Fsp3) is 0.240. The summed E-state index contributed by atoms with van der Waals surface area (Å²) in [4.78, 5) is 25.4. The first-order valence-electron chi connectivity index (χ1n) is 10.5. The zero-order valence-corrected chi connectivity index (χ0v) is 20.0. The molecule has 33 heavy (non-hydrogen) atoms. The molecule has 1 atom stereocenters. The molecule has 1 aliphatic heterocycles. The summed E-state index contributed by atoms with van der Waals surface area (Å²) < 4.78 is 0. The molecule has 4 rings (SSSR count). The molecule has 0 radical (unpaired) electrons. The fourth-order valence-electron chi connectivity index (χ4n) is 4.08. The monoisotopic (exact) mass is 497 g/mol. The quantitative estimate of drug-likeness (QED) is 0.552. The van der Waals surface area contributed by atoms with E-state index in [1.54, 1.807) is 18.2 Å². The van der Waals surface area contributed by atoms with Crippen molar-refractivity contribution >= 4 is 46.7 Å². The lowest BCUT2D eigenvalue weighted by Gasteiger charge is -2.33. The number of Topliss-reactive ketones (excluding diaryl/α,β-unsaturated/α-hetero) is 1. The summed E-state index contributed by atoms with van der Waals surface area (Å²) >= 11 is 14.0. The number of rotatable bonds is 6. The number of carbonyl (C=O) groups is 2. The Morgan fingerprint density at radius 1 is 1.15 bits per heavy atom. The highest BCUT2D eigenvalue weighted by atomic mass is 35.5. The number of hydrogen-bond donors (Lipinski definition) is 2. The van der Waals surface area contributed by atoms with E-state index >= 15 is 0 Å². The Kier molecular flexibility index (Phi) is 7.44. The third-order valence-corrected chi connectivity index (χ3v) is 7.49. The highest BCUT2D eigenvalue weighted by Crippen LogP contribution is 2.46. The summed E-state index contributed by atoms with van der Waals surface area (Å²) in [5.74, 6) is -0.623. The maximum atomic E-state index is 12.9. The van der Waals surface area contributed by atoms with Gasteiger partial charge in [-0.3, -0.25) is 9.59 Å². The number of benzene rings is 2. The molecule has 0 bridgehead atoms. The molecule has 2 aromatic carbocycles. The van der Waals surface area contributed by atoms with Crippen LogP contribution in [0.15, 0.2) is 70.4 Å².